The molecule has 1 N–H and O–H groups in total. The number of aryl methyl sites for hydroxylation is 1. The van der Waals surface area contributed by atoms with Gasteiger partial charge in [0.1, 0.15) is 0 Å². The van der Waals surface area contributed by atoms with Crippen molar-refractivity contribution >= 4 is 17.4 Å². The van der Waals surface area contributed by atoms with Crippen LogP contribution >= 0.6 is 0 Å². The molecule has 1 aliphatic heterocycles. The number of nitro benzene ring substituents is 1. The molecule has 0 radical (unpaired) electrons. The fraction of sp³-hybridized carbons (Fsp3) is 0.308. The number of benzene rings is 1. The van der Waals surface area contributed by atoms with Crippen molar-refractivity contribution in [3.8, 4) is 0 Å². The minimum atomic E-state index is -0.921. The first-order valence-corrected chi connectivity index (χ1v) is 5.91. The first-order valence-electron chi connectivity index (χ1n) is 5.91. The van der Waals surface area contributed by atoms with E-state index in [0.29, 0.717) is 19.5 Å². The van der Waals surface area contributed by atoms with Gasteiger partial charge in [0.25, 0.3) is 5.69 Å². The molecule has 0 saturated carbocycles. The smallest absolute Gasteiger partial charge is 0.407 e. The van der Waals surface area contributed by atoms with E-state index in [4.69, 9.17) is 5.11 Å². The van der Waals surface area contributed by atoms with E-state index in [-0.39, 0.29) is 5.69 Å². The Kier molecular flexibility index (Phi) is 3.50. The largest absolute Gasteiger partial charge is 0.465 e. The van der Waals surface area contributed by atoms with Crippen molar-refractivity contribution in [3.05, 3.63) is 45.5 Å². The predicted octanol–water partition coefficient (Wildman–Crippen LogP) is 2.67. The maximum atomic E-state index is 10.8. The maximum absolute atomic E-state index is 10.8. The molecule has 1 aromatic rings. The molecule has 1 aromatic carbocycles. The number of non-ortho nitro benzene ring substituents is 1. The Labute approximate surface area is 110 Å². The molecule has 1 amide bonds. The third-order valence-corrected chi connectivity index (χ3v) is 3.25. The van der Waals surface area contributed by atoms with Gasteiger partial charge in [-0.05, 0) is 36.1 Å². The average Bonchev–Trinajstić information content (AvgIpc) is 2.38. The van der Waals surface area contributed by atoms with Gasteiger partial charge in [0.05, 0.1) is 4.92 Å². The van der Waals surface area contributed by atoms with Crippen LogP contribution < -0.4 is 0 Å². The van der Waals surface area contributed by atoms with Gasteiger partial charge >= 0.3 is 6.09 Å². The Balaban J connectivity index is 2.24. The van der Waals surface area contributed by atoms with Crippen molar-refractivity contribution in [2.24, 2.45) is 0 Å². The van der Waals surface area contributed by atoms with E-state index >= 15 is 0 Å². The topological polar surface area (TPSA) is 83.7 Å². The summed E-state index contributed by atoms with van der Waals surface area (Å²) in [7, 11) is 0. The number of hydrogen-bond donors (Lipinski definition) is 1. The van der Waals surface area contributed by atoms with Gasteiger partial charge in [-0.15, -0.1) is 0 Å². The first kappa shape index (κ1) is 13.1. The monoisotopic (exact) mass is 262 g/mol. The van der Waals surface area contributed by atoms with Crippen LogP contribution in [0.25, 0.3) is 5.57 Å². The van der Waals surface area contributed by atoms with Crippen LogP contribution in [0.1, 0.15) is 17.5 Å². The molecule has 1 aliphatic rings. The number of hydrogen-bond acceptors (Lipinski definition) is 3. The summed E-state index contributed by atoms with van der Waals surface area (Å²) in [6.07, 6.45) is 1.58. The molecule has 0 saturated heterocycles. The molecule has 0 aliphatic carbocycles. The maximum Gasteiger partial charge on any atom is 0.407 e. The lowest BCUT2D eigenvalue weighted by Crippen LogP contribution is -2.33. The molecule has 0 spiro atoms. The van der Waals surface area contributed by atoms with Gasteiger partial charge < -0.3 is 10.0 Å². The minimum absolute atomic E-state index is 0.0739. The van der Waals surface area contributed by atoms with Crippen LogP contribution in [-0.2, 0) is 0 Å². The molecular formula is C13H14N2O4. The summed E-state index contributed by atoms with van der Waals surface area (Å²) in [5, 5.41) is 19.5. The zero-order valence-electron chi connectivity index (χ0n) is 10.5. The Bertz CT molecular complexity index is 566. The van der Waals surface area contributed by atoms with E-state index in [0.717, 1.165) is 16.7 Å². The van der Waals surface area contributed by atoms with Crippen molar-refractivity contribution in [1.82, 2.24) is 4.90 Å². The van der Waals surface area contributed by atoms with Crippen LogP contribution in [0.4, 0.5) is 10.5 Å². The van der Waals surface area contributed by atoms with E-state index in [2.05, 4.69) is 0 Å². The van der Waals surface area contributed by atoms with Crippen molar-refractivity contribution in [3.63, 3.8) is 0 Å². The molecule has 0 aromatic heterocycles. The summed E-state index contributed by atoms with van der Waals surface area (Å²) in [5.74, 6) is 0. The van der Waals surface area contributed by atoms with Crippen molar-refractivity contribution < 1.29 is 14.8 Å². The van der Waals surface area contributed by atoms with E-state index in [9.17, 15) is 14.9 Å². The highest BCUT2D eigenvalue weighted by Gasteiger charge is 2.18. The molecule has 0 unspecified atom stereocenters. The van der Waals surface area contributed by atoms with Gasteiger partial charge in [-0.25, -0.2) is 4.79 Å². The Morgan fingerprint density at radius 1 is 1.47 bits per heavy atom. The van der Waals surface area contributed by atoms with Crippen molar-refractivity contribution in [2.45, 2.75) is 13.3 Å². The lowest BCUT2D eigenvalue weighted by atomic mass is 9.95. The van der Waals surface area contributed by atoms with Crippen LogP contribution in [0.3, 0.4) is 0 Å². The number of nitrogens with zero attached hydrogens (tertiary/aromatic N) is 2. The molecule has 0 atom stereocenters. The summed E-state index contributed by atoms with van der Waals surface area (Å²) >= 11 is 0. The van der Waals surface area contributed by atoms with Crippen LogP contribution in [0, 0.1) is 17.0 Å². The lowest BCUT2D eigenvalue weighted by Gasteiger charge is -2.24. The number of rotatable bonds is 2. The molecule has 0 fully saturated rings. The molecule has 19 heavy (non-hydrogen) atoms. The van der Waals surface area contributed by atoms with E-state index < -0.39 is 11.0 Å². The number of carboxylic acid groups (broad SMARTS) is 1. The molecule has 6 nitrogen and oxygen atoms in total. The highest BCUT2D eigenvalue weighted by molar-refractivity contribution is 5.73. The highest BCUT2D eigenvalue weighted by atomic mass is 16.6. The molecule has 0 bridgehead atoms. The first-order chi connectivity index (χ1) is 8.99. The zero-order valence-corrected chi connectivity index (χ0v) is 10.5. The van der Waals surface area contributed by atoms with Crippen LogP contribution in [-0.4, -0.2) is 34.1 Å². The third kappa shape index (κ3) is 2.73. The summed E-state index contributed by atoms with van der Waals surface area (Å²) in [6, 6.07) is 4.75. The van der Waals surface area contributed by atoms with E-state index in [1.165, 1.54) is 11.0 Å². The van der Waals surface area contributed by atoms with Gasteiger partial charge in [0, 0.05) is 25.2 Å². The van der Waals surface area contributed by atoms with Crippen LogP contribution in [0.2, 0.25) is 0 Å². The number of nitro groups is 1. The predicted molar refractivity (Wildman–Crippen MR) is 70.0 cm³/mol. The fourth-order valence-corrected chi connectivity index (χ4v) is 2.21. The second kappa shape index (κ2) is 5.09. The quantitative estimate of drug-likeness (QED) is 0.656. The molecule has 2 rings (SSSR count). The second-order valence-electron chi connectivity index (χ2n) is 4.46. The lowest BCUT2D eigenvalue weighted by molar-refractivity contribution is -0.384. The van der Waals surface area contributed by atoms with Crippen LogP contribution in [0.15, 0.2) is 24.3 Å². The average molecular weight is 262 g/mol. The van der Waals surface area contributed by atoms with Gasteiger partial charge in [-0.2, -0.15) is 0 Å². The Morgan fingerprint density at radius 2 is 2.21 bits per heavy atom. The van der Waals surface area contributed by atoms with Gasteiger partial charge in [-0.1, -0.05) is 6.08 Å². The summed E-state index contributed by atoms with van der Waals surface area (Å²) in [6.45, 7) is 2.64. The SMILES string of the molecule is Cc1cc([N+](=O)[O-])ccc1C1=CCN(C(=O)O)CC1. The Morgan fingerprint density at radius 3 is 2.68 bits per heavy atom. The molecule has 100 valence electrons. The molecule has 1 heterocycles. The third-order valence-electron chi connectivity index (χ3n) is 3.25. The highest BCUT2D eigenvalue weighted by Crippen LogP contribution is 2.27. The fourth-order valence-electron chi connectivity index (χ4n) is 2.21. The summed E-state index contributed by atoms with van der Waals surface area (Å²) in [4.78, 5) is 22.4. The van der Waals surface area contributed by atoms with E-state index in [1.807, 2.05) is 13.0 Å². The van der Waals surface area contributed by atoms with Gasteiger partial charge in [0.2, 0.25) is 0 Å². The van der Waals surface area contributed by atoms with Crippen molar-refractivity contribution in [1.29, 1.82) is 0 Å². The standard InChI is InChI=1S/C13H14N2O4/c1-9-8-11(15(18)19)2-3-12(9)10-4-6-14(7-5-10)13(16)17/h2-4,8H,5-7H2,1H3,(H,16,17). The Hall–Kier alpha value is -2.37. The van der Waals surface area contributed by atoms with Gasteiger partial charge in [0.15, 0.2) is 0 Å². The molecule has 6 heteroatoms. The van der Waals surface area contributed by atoms with Crippen molar-refractivity contribution in [2.75, 3.05) is 13.1 Å². The van der Waals surface area contributed by atoms with Gasteiger partial charge in [-0.3, -0.25) is 10.1 Å². The second-order valence-corrected chi connectivity index (χ2v) is 4.46. The minimum Gasteiger partial charge on any atom is -0.465 e. The summed E-state index contributed by atoms with van der Waals surface area (Å²) < 4.78 is 0. The zero-order chi connectivity index (χ0) is 14.0. The summed E-state index contributed by atoms with van der Waals surface area (Å²) in [5.41, 5.74) is 2.91. The van der Waals surface area contributed by atoms with Crippen LogP contribution in [0.5, 0.6) is 0 Å². The number of amides is 1. The van der Waals surface area contributed by atoms with E-state index in [1.54, 1.807) is 12.1 Å². The molecular weight excluding hydrogens is 248 g/mol. The normalized spacial score (nSPS) is 15.0. The number of carbonyl (C=O) groups is 1.